The minimum Gasteiger partial charge on any atom is -0.313 e. The van der Waals surface area contributed by atoms with Crippen molar-refractivity contribution in [1.29, 1.82) is 0 Å². The maximum absolute atomic E-state index is 13.2. The van der Waals surface area contributed by atoms with Crippen LogP contribution in [0.4, 0.5) is 22.0 Å². The summed E-state index contributed by atoms with van der Waals surface area (Å²) >= 11 is 0. The third-order valence-corrected chi connectivity index (χ3v) is 3.21. The van der Waals surface area contributed by atoms with Gasteiger partial charge in [0.25, 0.3) is 0 Å². The molecule has 1 aromatic rings. The summed E-state index contributed by atoms with van der Waals surface area (Å²) in [6.07, 6.45) is -4.60. The molecule has 2 nitrogen and oxygen atoms in total. The van der Waals surface area contributed by atoms with Crippen LogP contribution in [0.5, 0.6) is 0 Å². The molecular formula is C14H19F5N2. The van der Waals surface area contributed by atoms with Gasteiger partial charge in [0, 0.05) is 18.7 Å². The highest BCUT2D eigenvalue weighted by Crippen LogP contribution is 2.21. The van der Waals surface area contributed by atoms with Gasteiger partial charge in [-0.25, -0.2) is 8.78 Å². The minimum atomic E-state index is -4.18. The molecule has 0 aliphatic rings. The molecule has 0 fully saturated rings. The second-order valence-corrected chi connectivity index (χ2v) is 5.00. The van der Waals surface area contributed by atoms with E-state index in [9.17, 15) is 22.0 Å². The fraction of sp³-hybridized carbons (Fsp3) is 0.571. The molecule has 0 heterocycles. The molecule has 0 aliphatic heterocycles. The highest BCUT2D eigenvalue weighted by molar-refractivity contribution is 5.21. The quantitative estimate of drug-likeness (QED) is 0.776. The Kier molecular flexibility index (Phi) is 6.54. The molecule has 0 saturated carbocycles. The van der Waals surface area contributed by atoms with Crippen LogP contribution in [-0.4, -0.2) is 38.3 Å². The summed E-state index contributed by atoms with van der Waals surface area (Å²) in [6, 6.07) is 2.91. The molecule has 1 rings (SSSR count). The Bertz CT molecular complexity index is 427. The third kappa shape index (κ3) is 6.86. The molecule has 1 unspecified atom stereocenters. The Hall–Kier alpha value is -1.21. The first kappa shape index (κ1) is 17.8. The lowest BCUT2D eigenvalue weighted by molar-refractivity contribution is -0.137. The SMILES string of the molecule is CNC(CCN(C)CCC(F)(F)F)c1cc(F)cc(F)c1. The number of benzene rings is 1. The Morgan fingerprint density at radius 1 is 1.10 bits per heavy atom. The van der Waals surface area contributed by atoms with E-state index in [1.165, 1.54) is 12.1 Å². The number of rotatable bonds is 7. The number of nitrogens with one attached hydrogen (secondary N) is 1. The van der Waals surface area contributed by atoms with Gasteiger partial charge in [-0.15, -0.1) is 0 Å². The van der Waals surface area contributed by atoms with Gasteiger partial charge in [0.05, 0.1) is 6.42 Å². The average molecular weight is 310 g/mol. The zero-order chi connectivity index (χ0) is 16.0. The molecular weight excluding hydrogens is 291 g/mol. The van der Waals surface area contributed by atoms with E-state index in [1.807, 2.05) is 0 Å². The summed E-state index contributed by atoms with van der Waals surface area (Å²) in [5, 5.41) is 2.92. The van der Waals surface area contributed by atoms with Crippen molar-refractivity contribution in [3.63, 3.8) is 0 Å². The van der Waals surface area contributed by atoms with Gasteiger partial charge in [-0.1, -0.05) is 0 Å². The average Bonchev–Trinajstić information content (AvgIpc) is 2.35. The van der Waals surface area contributed by atoms with Crippen LogP contribution in [0.1, 0.15) is 24.4 Å². The van der Waals surface area contributed by atoms with Gasteiger partial charge >= 0.3 is 6.18 Å². The molecule has 1 N–H and O–H groups in total. The number of alkyl halides is 3. The summed E-state index contributed by atoms with van der Waals surface area (Å²) < 4.78 is 62.7. The monoisotopic (exact) mass is 310 g/mol. The van der Waals surface area contributed by atoms with Gasteiger partial charge in [-0.2, -0.15) is 13.2 Å². The van der Waals surface area contributed by atoms with Crippen LogP contribution in [0.3, 0.4) is 0 Å². The van der Waals surface area contributed by atoms with Gasteiger partial charge in [0.1, 0.15) is 11.6 Å². The summed E-state index contributed by atoms with van der Waals surface area (Å²) in [7, 11) is 3.23. The molecule has 0 amide bonds. The lowest BCUT2D eigenvalue weighted by Crippen LogP contribution is -2.28. The van der Waals surface area contributed by atoms with E-state index in [1.54, 1.807) is 19.0 Å². The smallest absolute Gasteiger partial charge is 0.313 e. The summed E-state index contributed by atoms with van der Waals surface area (Å²) in [4.78, 5) is 1.55. The topological polar surface area (TPSA) is 15.3 Å². The van der Waals surface area contributed by atoms with Gasteiger partial charge in [0.2, 0.25) is 0 Å². The predicted octanol–water partition coefficient (Wildman–Crippen LogP) is 3.50. The fourth-order valence-corrected chi connectivity index (χ4v) is 2.03. The summed E-state index contributed by atoms with van der Waals surface area (Å²) in [5.41, 5.74) is 0.444. The Balaban J connectivity index is 2.54. The lowest BCUT2D eigenvalue weighted by atomic mass is 10.0. The highest BCUT2D eigenvalue weighted by atomic mass is 19.4. The number of halogens is 5. The molecule has 7 heteroatoms. The first-order valence-electron chi connectivity index (χ1n) is 6.60. The van der Waals surface area contributed by atoms with Crippen LogP contribution in [-0.2, 0) is 0 Å². The van der Waals surface area contributed by atoms with Crippen LogP contribution in [0, 0.1) is 11.6 Å². The van der Waals surface area contributed by atoms with Crippen molar-refractivity contribution in [2.24, 2.45) is 0 Å². The Morgan fingerprint density at radius 2 is 1.67 bits per heavy atom. The molecule has 0 radical (unpaired) electrons. The van der Waals surface area contributed by atoms with Crippen LogP contribution in [0.15, 0.2) is 18.2 Å². The van der Waals surface area contributed by atoms with Crippen molar-refractivity contribution < 1.29 is 22.0 Å². The lowest BCUT2D eigenvalue weighted by Gasteiger charge is -2.22. The van der Waals surface area contributed by atoms with Crippen molar-refractivity contribution in [3.8, 4) is 0 Å². The van der Waals surface area contributed by atoms with Crippen LogP contribution in [0.2, 0.25) is 0 Å². The first-order valence-corrected chi connectivity index (χ1v) is 6.60. The summed E-state index contributed by atoms with van der Waals surface area (Å²) in [5.74, 6) is -1.34. The second kappa shape index (κ2) is 7.70. The molecule has 120 valence electrons. The van der Waals surface area contributed by atoms with Gasteiger partial charge in [-0.3, -0.25) is 0 Å². The van der Waals surface area contributed by atoms with Crippen LogP contribution >= 0.6 is 0 Å². The van der Waals surface area contributed by atoms with E-state index in [-0.39, 0.29) is 12.6 Å². The van der Waals surface area contributed by atoms with Crippen LogP contribution in [0.25, 0.3) is 0 Å². The molecule has 0 spiro atoms. The number of hydrogen-bond acceptors (Lipinski definition) is 2. The van der Waals surface area contributed by atoms with E-state index in [2.05, 4.69) is 5.32 Å². The highest BCUT2D eigenvalue weighted by Gasteiger charge is 2.27. The molecule has 21 heavy (non-hydrogen) atoms. The first-order chi connectivity index (χ1) is 9.71. The number of hydrogen-bond donors (Lipinski definition) is 1. The van der Waals surface area contributed by atoms with Gasteiger partial charge < -0.3 is 10.2 Å². The molecule has 0 bridgehead atoms. The minimum absolute atomic E-state index is 0.0998. The Labute approximate surface area is 120 Å². The fourth-order valence-electron chi connectivity index (χ4n) is 2.03. The van der Waals surface area contributed by atoms with Crippen molar-refractivity contribution >= 4 is 0 Å². The van der Waals surface area contributed by atoms with Crippen molar-refractivity contribution in [3.05, 3.63) is 35.4 Å². The third-order valence-electron chi connectivity index (χ3n) is 3.21. The molecule has 0 saturated heterocycles. The van der Waals surface area contributed by atoms with Gasteiger partial charge in [0.15, 0.2) is 0 Å². The van der Waals surface area contributed by atoms with E-state index >= 15 is 0 Å². The maximum Gasteiger partial charge on any atom is 0.390 e. The Morgan fingerprint density at radius 3 is 2.14 bits per heavy atom. The predicted molar refractivity (Wildman–Crippen MR) is 70.9 cm³/mol. The van der Waals surface area contributed by atoms with Crippen LogP contribution < -0.4 is 5.32 Å². The normalized spacial score (nSPS) is 13.7. The standard InChI is InChI=1S/C14H19F5N2/c1-20-13(10-7-11(15)9-12(16)8-10)3-5-21(2)6-4-14(17,18)19/h7-9,13,20H,3-6H2,1-2H3. The van der Waals surface area contributed by atoms with E-state index in [4.69, 9.17) is 0 Å². The van der Waals surface area contributed by atoms with E-state index in [0.29, 0.717) is 18.5 Å². The van der Waals surface area contributed by atoms with Crippen molar-refractivity contribution in [2.75, 3.05) is 27.2 Å². The zero-order valence-electron chi connectivity index (χ0n) is 12.0. The van der Waals surface area contributed by atoms with E-state index in [0.717, 1.165) is 6.07 Å². The van der Waals surface area contributed by atoms with Crippen molar-refractivity contribution in [2.45, 2.75) is 25.1 Å². The van der Waals surface area contributed by atoms with Gasteiger partial charge in [-0.05, 0) is 44.8 Å². The largest absolute Gasteiger partial charge is 0.390 e. The molecule has 1 aromatic carbocycles. The molecule has 0 aromatic heterocycles. The second-order valence-electron chi connectivity index (χ2n) is 5.00. The molecule has 1 atom stereocenters. The van der Waals surface area contributed by atoms with Crippen molar-refractivity contribution in [1.82, 2.24) is 10.2 Å². The van der Waals surface area contributed by atoms with E-state index < -0.39 is 24.2 Å². The zero-order valence-corrected chi connectivity index (χ0v) is 12.0. The number of nitrogens with zero attached hydrogens (tertiary/aromatic N) is 1. The maximum atomic E-state index is 13.2. The molecule has 0 aliphatic carbocycles. The summed E-state index contributed by atoms with van der Waals surface area (Å²) in [6.45, 7) is 0.289.